The van der Waals surface area contributed by atoms with E-state index in [1.807, 2.05) is 0 Å². The number of anilines is 1. The highest BCUT2D eigenvalue weighted by molar-refractivity contribution is 5.99. The Morgan fingerprint density at radius 2 is 1.62 bits per heavy atom. The fourth-order valence-electron chi connectivity index (χ4n) is 2.72. The number of pyridine rings is 1. The summed E-state index contributed by atoms with van der Waals surface area (Å²) in [4.78, 5) is 64.4. The van der Waals surface area contributed by atoms with Crippen LogP contribution in [0.1, 0.15) is 58.8 Å². The Bertz CT molecular complexity index is 863. The van der Waals surface area contributed by atoms with Crippen molar-refractivity contribution in [3.8, 4) is 0 Å². The lowest BCUT2D eigenvalue weighted by Crippen LogP contribution is -2.58. The maximum absolute atomic E-state index is 12.9. The van der Waals surface area contributed by atoms with Crippen molar-refractivity contribution < 1.29 is 24.0 Å². The Morgan fingerprint density at radius 1 is 1.00 bits per heavy atom. The molecule has 1 aromatic heterocycles. The Labute approximate surface area is 188 Å². The normalized spacial score (nSPS) is 14.0. The smallest absolute Gasteiger partial charge is 0.252 e. The number of hydrogen-bond donors (Lipinski definition) is 4. The SMILES string of the molecule is CC(=O)Nc1cc(C(=O)N[C@H](C(=O)N[C@@H](C)C(=O)N[C@H](C=O)C(C)C)C(C)(C)C)ccn1. The van der Waals surface area contributed by atoms with Gasteiger partial charge in [-0.05, 0) is 30.4 Å². The zero-order valence-electron chi connectivity index (χ0n) is 19.6. The molecule has 0 aliphatic heterocycles. The first kappa shape index (κ1) is 26.7. The van der Waals surface area contributed by atoms with Crippen LogP contribution in [0.25, 0.3) is 0 Å². The minimum Gasteiger partial charge on any atom is -0.345 e. The van der Waals surface area contributed by atoms with Gasteiger partial charge in [-0.1, -0.05) is 34.6 Å². The highest BCUT2D eigenvalue weighted by atomic mass is 16.2. The summed E-state index contributed by atoms with van der Waals surface area (Å²) >= 11 is 0. The van der Waals surface area contributed by atoms with Crippen LogP contribution in [-0.2, 0) is 19.2 Å². The van der Waals surface area contributed by atoms with E-state index in [1.165, 1.54) is 32.2 Å². The maximum Gasteiger partial charge on any atom is 0.252 e. The summed E-state index contributed by atoms with van der Waals surface area (Å²) in [6.07, 6.45) is 2.02. The minimum atomic E-state index is -0.963. The molecule has 10 nitrogen and oxygen atoms in total. The van der Waals surface area contributed by atoms with Gasteiger partial charge in [0.2, 0.25) is 17.7 Å². The summed E-state index contributed by atoms with van der Waals surface area (Å²) in [6, 6.07) is 0.312. The Hall–Kier alpha value is -3.30. The number of nitrogens with one attached hydrogen (secondary N) is 4. The van der Waals surface area contributed by atoms with E-state index in [2.05, 4.69) is 26.3 Å². The summed E-state index contributed by atoms with van der Waals surface area (Å²) in [5.41, 5.74) is -0.463. The molecule has 32 heavy (non-hydrogen) atoms. The molecule has 3 atom stereocenters. The molecule has 0 bridgehead atoms. The molecule has 0 aromatic carbocycles. The molecule has 10 heteroatoms. The van der Waals surface area contributed by atoms with Crippen LogP contribution in [0.2, 0.25) is 0 Å². The number of rotatable bonds is 9. The first-order valence-corrected chi connectivity index (χ1v) is 10.4. The van der Waals surface area contributed by atoms with Crippen molar-refractivity contribution in [2.45, 2.75) is 66.6 Å². The number of aromatic nitrogens is 1. The molecule has 0 saturated heterocycles. The van der Waals surface area contributed by atoms with Crippen molar-refractivity contribution in [1.29, 1.82) is 0 Å². The quantitative estimate of drug-likeness (QED) is 0.416. The zero-order chi connectivity index (χ0) is 24.6. The Morgan fingerprint density at radius 3 is 2.12 bits per heavy atom. The summed E-state index contributed by atoms with van der Waals surface area (Å²) in [5, 5.41) is 10.4. The first-order valence-electron chi connectivity index (χ1n) is 10.4. The van der Waals surface area contributed by atoms with E-state index in [0.29, 0.717) is 6.29 Å². The van der Waals surface area contributed by atoms with Crippen molar-refractivity contribution in [2.75, 3.05) is 5.32 Å². The van der Waals surface area contributed by atoms with Gasteiger partial charge in [-0.2, -0.15) is 0 Å². The monoisotopic (exact) mass is 447 g/mol. The number of aldehydes is 1. The number of carbonyl (C=O) groups excluding carboxylic acids is 5. The fourth-order valence-corrected chi connectivity index (χ4v) is 2.72. The molecular formula is C22H33N5O5. The predicted molar refractivity (Wildman–Crippen MR) is 120 cm³/mol. The van der Waals surface area contributed by atoms with Crippen LogP contribution in [0.3, 0.4) is 0 Å². The van der Waals surface area contributed by atoms with Gasteiger partial charge < -0.3 is 26.1 Å². The molecule has 176 valence electrons. The van der Waals surface area contributed by atoms with Gasteiger partial charge in [-0.3, -0.25) is 19.2 Å². The third-order valence-electron chi connectivity index (χ3n) is 4.66. The van der Waals surface area contributed by atoms with E-state index in [1.54, 1.807) is 34.6 Å². The van der Waals surface area contributed by atoms with E-state index in [9.17, 15) is 24.0 Å². The fraction of sp³-hybridized carbons (Fsp3) is 0.545. The minimum absolute atomic E-state index is 0.0938. The van der Waals surface area contributed by atoms with Gasteiger partial charge in [0.1, 0.15) is 24.2 Å². The lowest BCUT2D eigenvalue weighted by atomic mass is 9.85. The van der Waals surface area contributed by atoms with Crippen molar-refractivity contribution in [3.05, 3.63) is 23.9 Å². The van der Waals surface area contributed by atoms with E-state index >= 15 is 0 Å². The molecule has 0 unspecified atom stereocenters. The van der Waals surface area contributed by atoms with E-state index < -0.39 is 41.3 Å². The highest BCUT2D eigenvalue weighted by Gasteiger charge is 2.34. The van der Waals surface area contributed by atoms with Gasteiger partial charge >= 0.3 is 0 Å². The van der Waals surface area contributed by atoms with Crippen LogP contribution in [0, 0.1) is 11.3 Å². The molecule has 1 aromatic rings. The standard InChI is InChI=1S/C22H33N5O5/c1-12(2)16(11-28)26-19(30)13(3)24-21(32)18(22(5,6)7)27-20(31)15-8-9-23-17(10-15)25-14(4)29/h8-13,16,18H,1-7H3,(H,24,32)(H,26,30)(H,27,31)(H,23,25,29)/t13-,16+,18+/m0/s1. The number of carbonyl (C=O) groups is 5. The van der Waals surface area contributed by atoms with Crippen molar-refractivity contribution in [3.63, 3.8) is 0 Å². The molecule has 1 rings (SSSR count). The van der Waals surface area contributed by atoms with Crippen LogP contribution >= 0.6 is 0 Å². The number of nitrogens with zero attached hydrogens (tertiary/aromatic N) is 1. The average Bonchev–Trinajstić information content (AvgIpc) is 2.68. The third-order valence-corrected chi connectivity index (χ3v) is 4.66. The van der Waals surface area contributed by atoms with Gasteiger partial charge in [-0.25, -0.2) is 4.98 Å². The molecule has 1 heterocycles. The van der Waals surface area contributed by atoms with Gasteiger partial charge in [-0.15, -0.1) is 0 Å². The number of hydrogen-bond acceptors (Lipinski definition) is 6. The highest BCUT2D eigenvalue weighted by Crippen LogP contribution is 2.20. The van der Waals surface area contributed by atoms with Crippen LogP contribution < -0.4 is 21.3 Å². The summed E-state index contributed by atoms with van der Waals surface area (Å²) < 4.78 is 0. The van der Waals surface area contributed by atoms with Gasteiger partial charge in [0.05, 0.1) is 6.04 Å². The van der Waals surface area contributed by atoms with E-state index in [0.717, 1.165) is 0 Å². The molecular weight excluding hydrogens is 414 g/mol. The largest absolute Gasteiger partial charge is 0.345 e. The maximum atomic E-state index is 12.9. The lowest BCUT2D eigenvalue weighted by molar-refractivity contribution is -0.131. The van der Waals surface area contributed by atoms with E-state index in [4.69, 9.17) is 0 Å². The third kappa shape index (κ3) is 8.09. The molecule has 0 spiro atoms. The van der Waals surface area contributed by atoms with Crippen LogP contribution in [0.4, 0.5) is 5.82 Å². The average molecular weight is 448 g/mol. The second kappa shape index (κ2) is 11.4. The van der Waals surface area contributed by atoms with Gasteiger partial charge in [0.25, 0.3) is 5.91 Å². The molecule has 4 N–H and O–H groups in total. The summed E-state index contributed by atoms with van der Waals surface area (Å²) in [7, 11) is 0. The number of amides is 4. The molecule has 0 aliphatic carbocycles. The molecule has 0 fully saturated rings. The molecule has 4 amide bonds. The second-order valence-corrected chi connectivity index (χ2v) is 9.03. The molecule has 0 saturated carbocycles. The Kier molecular flexibility index (Phi) is 9.49. The van der Waals surface area contributed by atoms with Crippen molar-refractivity contribution >= 4 is 35.7 Å². The molecule has 0 radical (unpaired) electrons. The first-order chi connectivity index (χ1) is 14.8. The topological polar surface area (TPSA) is 146 Å². The van der Waals surface area contributed by atoms with Crippen LogP contribution in [-0.4, -0.2) is 53.0 Å². The van der Waals surface area contributed by atoms with Gasteiger partial charge in [0.15, 0.2) is 0 Å². The van der Waals surface area contributed by atoms with Crippen LogP contribution in [0.5, 0.6) is 0 Å². The molecule has 0 aliphatic rings. The predicted octanol–water partition coefficient (Wildman–Crippen LogP) is 1.03. The summed E-state index contributed by atoms with van der Waals surface area (Å²) in [6.45, 7) is 11.7. The van der Waals surface area contributed by atoms with E-state index in [-0.39, 0.29) is 23.2 Å². The lowest BCUT2D eigenvalue weighted by Gasteiger charge is -2.31. The van der Waals surface area contributed by atoms with Crippen molar-refractivity contribution in [2.24, 2.45) is 11.3 Å². The van der Waals surface area contributed by atoms with Crippen molar-refractivity contribution in [1.82, 2.24) is 20.9 Å². The Balaban J connectivity index is 2.93. The van der Waals surface area contributed by atoms with Crippen LogP contribution in [0.15, 0.2) is 18.3 Å². The zero-order valence-corrected chi connectivity index (χ0v) is 19.6. The second-order valence-electron chi connectivity index (χ2n) is 9.03. The summed E-state index contributed by atoms with van der Waals surface area (Å²) in [5.74, 6) is -1.80. The van der Waals surface area contributed by atoms with Gasteiger partial charge in [0, 0.05) is 18.7 Å².